The van der Waals surface area contributed by atoms with E-state index in [0.717, 1.165) is 11.3 Å². The van der Waals surface area contributed by atoms with Crippen LogP contribution in [-0.4, -0.2) is 12.1 Å². The maximum atomic E-state index is 5.90. The zero-order valence-corrected chi connectivity index (χ0v) is 11.0. The fourth-order valence-corrected chi connectivity index (χ4v) is 1.25. The highest BCUT2D eigenvalue weighted by Gasteiger charge is 2.04. The summed E-state index contributed by atoms with van der Waals surface area (Å²) in [5.41, 5.74) is 6.80. The fourth-order valence-electron chi connectivity index (χ4n) is 1.25. The quantitative estimate of drug-likeness (QED) is 0.812. The minimum absolute atomic E-state index is 0.0953. The van der Waals surface area contributed by atoms with Crippen molar-refractivity contribution in [1.82, 2.24) is 0 Å². The lowest BCUT2D eigenvalue weighted by atomic mass is 10.1. The third-order valence-electron chi connectivity index (χ3n) is 2.34. The van der Waals surface area contributed by atoms with Crippen LogP contribution in [0.2, 0.25) is 0 Å². The molecule has 1 atom stereocenters. The molecule has 0 aliphatic carbocycles. The first-order valence-electron chi connectivity index (χ1n) is 6.03. The van der Waals surface area contributed by atoms with Crippen molar-refractivity contribution in [2.24, 2.45) is 11.7 Å². The van der Waals surface area contributed by atoms with E-state index in [9.17, 15) is 0 Å². The van der Waals surface area contributed by atoms with Crippen molar-refractivity contribution >= 4 is 0 Å². The van der Waals surface area contributed by atoms with Crippen LogP contribution in [0.3, 0.4) is 0 Å². The lowest BCUT2D eigenvalue weighted by Gasteiger charge is -2.11. The van der Waals surface area contributed by atoms with E-state index in [2.05, 4.69) is 25.7 Å². The summed E-state index contributed by atoms with van der Waals surface area (Å²) in [6.45, 7) is 8.14. The van der Waals surface area contributed by atoms with Crippen molar-refractivity contribution in [2.45, 2.75) is 39.8 Å². The van der Waals surface area contributed by atoms with Crippen molar-refractivity contribution in [3.63, 3.8) is 0 Å². The van der Waals surface area contributed by atoms with Crippen LogP contribution in [0.15, 0.2) is 24.3 Å². The molecule has 0 aromatic heterocycles. The van der Waals surface area contributed by atoms with E-state index in [4.69, 9.17) is 10.5 Å². The van der Waals surface area contributed by atoms with Crippen molar-refractivity contribution in [3.8, 4) is 17.6 Å². The highest BCUT2D eigenvalue weighted by molar-refractivity contribution is 5.46. The van der Waals surface area contributed by atoms with Crippen molar-refractivity contribution in [3.05, 3.63) is 29.8 Å². The average molecular weight is 231 g/mol. The first-order chi connectivity index (χ1) is 8.00. The molecule has 92 valence electrons. The zero-order valence-electron chi connectivity index (χ0n) is 11.0. The monoisotopic (exact) mass is 231 g/mol. The molecule has 0 saturated carbocycles. The molecule has 1 unspecified atom stereocenters. The van der Waals surface area contributed by atoms with E-state index in [1.54, 1.807) is 0 Å². The van der Waals surface area contributed by atoms with Gasteiger partial charge in [0.15, 0.2) is 0 Å². The lowest BCUT2D eigenvalue weighted by molar-refractivity contribution is 0.242. The van der Waals surface area contributed by atoms with Gasteiger partial charge >= 0.3 is 0 Å². The van der Waals surface area contributed by atoms with Crippen molar-refractivity contribution < 1.29 is 4.74 Å². The largest absolute Gasteiger partial charge is 0.490 e. The second kappa shape index (κ2) is 6.32. The molecule has 0 bridgehead atoms. The number of para-hydroxylation sites is 1. The molecule has 2 heteroatoms. The Labute approximate surface area is 104 Å². The number of nitrogens with two attached hydrogens (primary N) is 1. The van der Waals surface area contributed by atoms with Crippen LogP contribution in [0.25, 0.3) is 0 Å². The van der Waals surface area contributed by atoms with Gasteiger partial charge in [0.25, 0.3) is 0 Å². The van der Waals surface area contributed by atoms with Crippen LogP contribution < -0.4 is 10.5 Å². The smallest absolute Gasteiger partial charge is 0.135 e. The summed E-state index contributed by atoms with van der Waals surface area (Å²) in [6.07, 6.45) is 0.150. The average Bonchev–Trinajstić information content (AvgIpc) is 2.26. The predicted molar refractivity (Wildman–Crippen MR) is 71.9 cm³/mol. The Kier molecular flexibility index (Phi) is 5.06. The van der Waals surface area contributed by atoms with Crippen LogP contribution in [0.4, 0.5) is 0 Å². The summed E-state index contributed by atoms with van der Waals surface area (Å²) in [6, 6.07) is 7.70. The Bertz CT molecular complexity index is 412. The van der Waals surface area contributed by atoms with E-state index in [1.165, 1.54) is 0 Å². The minimum Gasteiger partial charge on any atom is -0.490 e. The van der Waals surface area contributed by atoms with E-state index in [1.807, 2.05) is 38.1 Å². The summed E-state index contributed by atoms with van der Waals surface area (Å²) in [4.78, 5) is 0. The Morgan fingerprint density at radius 1 is 1.12 bits per heavy atom. The van der Waals surface area contributed by atoms with Gasteiger partial charge in [0, 0.05) is 0 Å². The Morgan fingerprint density at radius 2 is 1.76 bits per heavy atom. The Balaban J connectivity index is 2.90. The predicted octanol–water partition coefficient (Wildman–Crippen LogP) is 2.81. The topological polar surface area (TPSA) is 35.2 Å². The number of hydrogen-bond donors (Lipinski definition) is 1. The molecule has 1 aromatic rings. The maximum absolute atomic E-state index is 5.90. The number of hydrogen-bond acceptors (Lipinski definition) is 2. The molecule has 0 spiro atoms. The van der Waals surface area contributed by atoms with Gasteiger partial charge in [-0.3, -0.25) is 0 Å². The van der Waals surface area contributed by atoms with Gasteiger partial charge in [-0.25, -0.2) is 0 Å². The summed E-state index contributed by atoms with van der Waals surface area (Å²) < 4.78 is 5.69. The van der Waals surface area contributed by atoms with Gasteiger partial charge in [-0.15, -0.1) is 0 Å². The van der Waals surface area contributed by atoms with Gasteiger partial charge in [0.1, 0.15) is 5.75 Å². The molecule has 0 aliphatic rings. The standard InChI is InChI=1S/C15H21NO/c1-11(2)14(16)10-9-13-7-5-6-8-15(13)17-12(3)4/h5-8,11-12,14H,16H2,1-4H3. The third-order valence-corrected chi connectivity index (χ3v) is 2.34. The molecule has 1 rings (SSSR count). The summed E-state index contributed by atoms with van der Waals surface area (Å²) in [5.74, 6) is 7.35. The van der Waals surface area contributed by atoms with Gasteiger partial charge in [-0.1, -0.05) is 37.8 Å². The second-order valence-corrected chi connectivity index (χ2v) is 4.70. The first-order valence-corrected chi connectivity index (χ1v) is 6.03. The van der Waals surface area contributed by atoms with Crippen molar-refractivity contribution in [2.75, 3.05) is 0 Å². The van der Waals surface area contributed by atoms with Crippen LogP contribution in [0.1, 0.15) is 33.3 Å². The SMILES string of the molecule is CC(C)Oc1ccccc1C#CC(N)C(C)C. The zero-order chi connectivity index (χ0) is 12.8. The molecule has 0 heterocycles. The highest BCUT2D eigenvalue weighted by Crippen LogP contribution is 2.18. The molecule has 0 radical (unpaired) electrons. The Morgan fingerprint density at radius 3 is 2.35 bits per heavy atom. The highest BCUT2D eigenvalue weighted by atomic mass is 16.5. The molecular formula is C15H21NO. The molecule has 0 saturated heterocycles. The van der Waals surface area contributed by atoms with E-state index < -0.39 is 0 Å². The van der Waals surface area contributed by atoms with Crippen LogP contribution >= 0.6 is 0 Å². The fraction of sp³-hybridized carbons (Fsp3) is 0.467. The second-order valence-electron chi connectivity index (χ2n) is 4.70. The molecule has 2 N–H and O–H groups in total. The van der Waals surface area contributed by atoms with E-state index in [0.29, 0.717) is 5.92 Å². The molecular weight excluding hydrogens is 210 g/mol. The lowest BCUT2D eigenvalue weighted by Crippen LogP contribution is -2.24. The first kappa shape index (κ1) is 13.6. The normalized spacial score (nSPS) is 12.2. The van der Waals surface area contributed by atoms with E-state index >= 15 is 0 Å². The van der Waals surface area contributed by atoms with Gasteiger partial charge in [0.2, 0.25) is 0 Å². The molecule has 0 fully saturated rings. The molecule has 2 nitrogen and oxygen atoms in total. The van der Waals surface area contributed by atoms with Crippen LogP contribution in [0, 0.1) is 17.8 Å². The maximum Gasteiger partial charge on any atom is 0.135 e. The molecule has 0 aliphatic heterocycles. The van der Waals surface area contributed by atoms with Gasteiger partial charge in [0.05, 0.1) is 17.7 Å². The summed E-state index contributed by atoms with van der Waals surface area (Å²) >= 11 is 0. The third kappa shape index (κ3) is 4.50. The molecule has 17 heavy (non-hydrogen) atoms. The van der Waals surface area contributed by atoms with Gasteiger partial charge in [-0.05, 0) is 31.9 Å². The summed E-state index contributed by atoms with van der Waals surface area (Å²) in [7, 11) is 0. The van der Waals surface area contributed by atoms with E-state index in [-0.39, 0.29) is 12.1 Å². The minimum atomic E-state index is -0.0953. The van der Waals surface area contributed by atoms with Crippen LogP contribution in [-0.2, 0) is 0 Å². The van der Waals surface area contributed by atoms with Gasteiger partial charge < -0.3 is 10.5 Å². The van der Waals surface area contributed by atoms with Crippen LogP contribution in [0.5, 0.6) is 5.75 Å². The number of ether oxygens (including phenoxy) is 1. The number of benzene rings is 1. The Hall–Kier alpha value is -1.46. The molecule has 1 aromatic carbocycles. The molecule has 0 amide bonds. The van der Waals surface area contributed by atoms with Crippen molar-refractivity contribution in [1.29, 1.82) is 0 Å². The number of rotatable bonds is 3. The summed E-state index contributed by atoms with van der Waals surface area (Å²) in [5, 5.41) is 0. The van der Waals surface area contributed by atoms with Gasteiger partial charge in [-0.2, -0.15) is 0 Å².